The zero-order chi connectivity index (χ0) is 16.0. The molecular weight excluding hydrogens is 290 g/mol. The Morgan fingerprint density at radius 1 is 1.22 bits per heavy atom. The molecule has 1 aromatic carbocycles. The predicted octanol–water partition coefficient (Wildman–Crippen LogP) is 3.40. The van der Waals surface area contributed by atoms with Crippen LogP contribution in [0, 0.1) is 11.3 Å². The molecule has 2 fully saturated rings. The molecule has 4 nitrogen and oxygen atoms in total. The van der Waals surface area contributed by atoms with E-state index in [1.165, 1.54) is 19.3 Å². The van der Waals surface area contributed by atoms with Gasteiger partial charge >= 0.3 is 0 Å². The van der Waals surface area contributed by atoms with E-state index in [2.05, 4.69) is 13.8 Å². The molecule has 4 heteroatoms. The van der Waals surface area contributed by atoms with Crippen LogP contribution < -0.4 is 0 Å². The minimum absolute atomic E-state index is 0.0138. The lowest BCUT2D eigenvalue weighted by atomic mass is 9.87. The summed E-state index contributed by atoms with van der Waals surface area (Å²) >= 11 is 0. The van der Waals surface area contributed by atoms with Crippen molar-refractivity contribution in [3.05, 3.63) is 35.9 Å². The van der Waals surface area contributed by atoms with E-state index in [1.807, 2.05) is 30.3 Å². The fraction of sp³-hybridized carbons (Fsp3) is 0.632. The van der Waals surface area contributed by atoms with Crippen molar-refractivity contribution in [1.82, 2.24) is 0 Å². The summed E-state index contributed by atoms with van der Waals surface area (Å²) in [6.07, 6.45) is 3.42. The van der Waals surface area contributed by atoms with Gasteiger partial charge in [0.05, 0.1) is 6.10 Å². The first-order chi connectivity index (χ1) is 11.1. The maximum absolute atomic E-state index is 6.26. The average molecular weight is 315 g/mol. The smallest absolute Gasteiger partial charge is 0.227 e. The number of benzene rings is 1. The number of hydrogen-bond acceptors (Lipinski definition) is 4. The standard InChI is InChI=1S/C19H25NO3/c1-19(2)10-9-13(11-19)15-16(21-3)14-18(22-15)23-17(20-14)12-7-5-4-6-8-12/h4-8,13-16,18H,9-11H2,1-3H3/t13-,14-,15-,16+,18-/m0/s1. The summed E-state index contributed by atoms with van der Waals surface area (Å²) in [7, 11) is 1.76. The number of ether oxygens (including phenoxy) is 3. The monoisotopic (exact) mass is 315 g/mol. The summed E-state index contributed by atoms with van der Waals surface area (Å²) in [5, 5.41) is 0. The fourth-order valence-corrected chi connectivity index (χ4v) is 4.32. The summed E-state index contributed by atoms with van der Waals surface area (Å²) in [5.74, 6) is 1.22. The van der Waals surface area contributed by atoms with Gasteiger partial charge in [-0.25, -0.2) is 4.99 Å². The molecular formula is C19H25NO3. The second kappa shape index (κ2) is 5.60. The Kier molecular flexibility index (Phi) is 3.69. The molecule has 4 rings (SSSR count). The van der Waals surface area contributed by atoms with Crippen molar-refractivity contribution in [2.75, 3.05) is 7.11 Å². The Bertz CT molecular complexity index is 598. The molecule has 0 bridgehead atoms. The number of hydrogen-bond donors (Lipinski definition) is 0. The van der Waals surface area contributed by atoms with Crippen LogP contribution in [0.4, 0.5) is 0 Å². The molecule has 23 heavy (non-hydrogen) atoms. The molecule has 2 aliphatic heterocycles. The van der Waals surface area contributed by atoms with Crippen LogP contribution in [0.2, 0.25) is 0 Å². The molecule has 0 amide bonds. The molecule has 1 aromatic rings. The van der Waals surface area contributed by atoms with Gasteiger partial charge in [0, 0.05) is 12.7 Å². The highest BCUT2D eigenvalue weighted by Gasteiger charge is 2.54. The van der Waals surface area contributed by atoms with Gasteiger partial charge in [-0.15, -0.1) is 0 Å². The van der Waals surface area contributed by atoms with Crippen molar-refractivity contribution in [3.8, 4) is 0 Å². The lowest BCUT2D eigenvalue weighted by molar-refractivity contribution is -0.103. The molecule has 1 saturated carbocycles. The Labute approximate surface area is 137 Å². The van der Waals surface area contributed by atoms with Crippen LogP contribution in [0.3, 0.4) is 0 Å². The molecule has 1 saturated heterocycles. The summed E-state index contributed by atoms with van der Waals surface area (Å²) in [6.45, 7) is 4.68. The highest BCUT2D eigenvalue weighted by molar-refractivity contribution is 5.95. The van der Waals surface area contributed by atoms with Gasteiger partial charge in [0.25, 0.3) is 0 Å². The van der Waals surface area contributed by atoms with Crippen LogP contribution in [0.15, 0.2) is 35.3 Å². The van der Waals surface area contributed by atoms with Crippen LogP contribution in [0.1, 0.15) is 38.7 Å². The number of nitrogens with zero attached hydrogens (tertiary/aromatic N) is 1. The summed E-state index contributed by atoms with van der Waals surface area (Å²) < 4.78 is 18.0. The van der Waals surface area contributed by atoms with Crippen LogP contribution in [0.25, 0.3) is 0 Å². The van der Waals surface area contributed by atoms with E-state index in [9.17, 15) is 0 Å². The number of rotatable bonds is 3. The van der Waals surface area contributed by atoms with Crippen molar-refractivity contribution in [3.63, 3.8) is 0 Å². The van der Waals surface area contributed by atoms with E-state index >= 15 is 0 Å². The van der Waals surface area contributed by atoms with Gasteiger partial charge in [-0.3, -0.25) is 0 Å². The number of fused-ring (bicyclic) bond motifs is 1. The van der Waals surface area contributed by atoms with Crippen LogP contribution in [-0.4, -0.2) is 37.5 Å². The highest BCUT2D eigenvalue weighted by atomic mass is 16.7. The minimum Gasteiger partial charge on any atom is -0.445 e. The van der Waals surface area contributed by atoms with Gasteiger partial charge in [-0.05, 0) is 42.7 Å². The Hall–Kier alpha value is -1.39. The van der Waals surface area contributed by atoms with Gasteiger partial charge in [0.2, 0.25) is 12.2 Å². The number of aliphatic imine (C=N–C) groups is 1. The van der Waals surface area contributed by atoms with E-state index in [-0.39, 0.29) is 24.5 Å². The Morgan fingerprint density at radius 3 is 2.65 bits per heavy atom. The van der Waals surface area contributed by atoms with Crippen molar-refractivity contribution in [1.29, 1.82) is 0 Å². The molecule has 2 heterocycles. The maximum atomic E-state index is 6.26. The van der Waals surface area contributed by atoms with Gasteiger partial charge in [0.1, 0.15) is 12.1 Å². The quantitative estimate of drug-likeness (QED) is 0.858. The van der Waals surface area contributed by atoms with Crippen molar-refractivity contribution in [2.24, 2.45) is 16.3 Å². The largest absolute Gasteiger partial charge is 0.445 e. The predicted molar refractivity (Wildman–Crippen MR) is 88.4 cm³/mol. The van der Waals surface area contributed by atoms with Gasteiger partial charge in [-0.1, -0.05) is 32.0 Å². The van der Waals surface area contributed by atoms with E-state index in [0.717, 1.165) is 5.56 Å². The van der Waals surface area contributed by atoms with Gasteiger partial charge in [0.15, 0.2) is 0 Å². The topological polar surface area (TPSA) is 40.0 Å². The zero-order valence-electron chi connectivity index (χ0n) is 14.1. The van der Waals surface area contributed by atoms with Crippen molar-refractivity contribution >= 4 is 5.90 Å². The van der Waals surface area contributed by atoms with Crippen LogP contribution in [0.5, 0.6) is 0 Å². The van der Waals surface area contributed by atoms with E-state index < -0.39 is 0 Å². The summed E-state index contributed by atoms with van der Waals surface area (Å²) in [4.78, 5) is 4.77. The summed E-state index contributed by atoms with van der Waals surface area (Å²) in [5.41, 5.74) is 1.41. The second-order valence-corrected chi connectivity index (χ2v) is 7.75. The Balaban J connectivity index is 1.53. The molecule has 124 valence electrons. The first-order valence-electron chi connectivity index (χ1n) is 8.55. The third-order valence-electron chi connectivity index (χ3n) is 5.49. The molecule has 3 aliphatic rings. The Morgan fingerprint density at radius 2 is 2.00 bits per heavy atom. The highest BCUT2D eigenvalue weighted by Crippen LogP contribution is 2.47. The maximum Gasteiger partial charge on any atom is 0.227 e. The molecule has 1 aliphatic carbocycles. The molecule has 5 atom stereocenters. The van der Waals surface area contributed by atoms with Crippen molar-refractivity contribution < 1.29 is 14.2 Å². The molecule has 0 radical (unpaired) electrons. The van der Waals surface area contributed by atoms with E-state index in [1.54, 1.807) is 7.11 Å². The minimum atomic E-state index is -0.302. The molecule has 0 aromatic heterocycles. The normalized spacial score (nSPS) is 38.2. The van der Waals surface area contributed by atoms with E-state index in [0.29, 0.717) is 17.2 Å². The molecule has 0 unspecified atom stereocenters. The second-order valence-electron chi connectivity index (χ2n) is 7.75. The van der Waals surface area contributed by atoms with Crippen LogP contribution >= 0.6 is 0 Å². The van der Waals surface area contributed by atoms with E-state index in [4.69, 9.17) is 19.2 Å². The first kappa shape index (κ1) is 15.2. The zero-order valence-corrected chi connectivity index (χ0v) is 14.1. The lowest BCUT2D eigenvalue weighted by Crippen LogP contribution is -2.36. The average Bonchev–Trinajstić information content (AvgIpc) is 3.19. The van der Waals surface area contributed by atoms with Gasteiger partial charge in [-0.2, -0.15) is 0 Å². The van der Waals surface area contributed by atoms with Crippen molar-refractivity contribution in [2.45, 2.75) is 57.6 Å². The third kappa shape index (κ3) is 2.68. The van der Waals surface area contributed by atoms with Gasteiger partial charge < -0.3 is 14.2 Å². The number of methoxy groups -OCH3 is 1. The van der Waals surface area contributed by atoms with Crippen LogP contribution in [-0.2, 0) is 14.2 Å². The fourth-order valence-electron chi connectivity index (χ4n) is 4.32. The molecule has 0 N–H and O–H groups in total. The lowest BCUT2D eigenvalue weighted by Gasteiger charge is -2.26. The summed E-state index contributed by atoms with van der Waals surface area (Å²) in [6, 6.07) is 9.95. The SMILES string of the molecule is CO[C@@H]1[C@@H]2N=C(c3ccccc3)O[C@@H]2O[C@H]1[C@H]1CCC(C)(C)C1. The first-order valence-corrected chi connectivity index (χ1v) is 8.55. The third-order valence-corrected chi connectivity index (χ3v) is 5.49. The molecule has 0 spiro atoms.